The van der Waals surface area contributed by atoms with Crippen LogP contribution < -0.4 is 4.74 Å². The predicted octanol–water partition coefficient (Wildman–Crippen LogP) is 6.55. The maximum atomic E-state index is 10.8. The number of hydrogen-bond acceptors (Lipinski definition) is 6. The molecule has 0 aliphatic heterocycles. The second-order valence-corrected chi connectivity index (χ2v) is 9.27. The smallest absolute Gasteiger partial charge is 0.307 e. The standard InChI is InChI=1S/C25H32ClNO5S/c1-3-5-8-21(27-31)18-10-11-22(19(7-4-2)25(18)30)32-13-6-14-33-23-12-9-17(15-20(23)26)16-24(28)29/h9-12,15,30-31H,3-8,13-14,16H2,1-2H3,(H,28,29). The molecule has 2 aromatic carbocycles. The Morgan fingerprint density at radius 2 is 1.94 bits per heavy atom. The molecule has 2 rings (SSSR count). The van der Waals surface area contributed by atoms with Crippen LogP contribution in [0.4, 0.5) is 0 Å². The van der Waals surface area contributed by atoms with Crippen molar-refractivity contribution in [1.82, 2.24) is 0 Å². The second kappa shape index (κ2) is 14.0. The third kappa shape index (κ3) is 8.16. The fourth-order valence-corrected chi connectivity index (χ4v) is 4.64. The summed E-state index contributed by atoms with van der Waals surface area (Å²) in [5, 5.41) is 33.1. The van der Waals surface area contributed by atoms with E-state index < -0.39 is 5.97 Å². The first-order valence-corrected chi connectivity index (χ1v) is 12.6. The van der Waals surface area contributed by atoms with Crippen LogP contribution in [0.5, 0.6) is 11.5 Å². The number of ether oxygens (including phenoxy) is 1. The average Bonchev–Trinajstić information content (AvgIpc) is 2.78. The van der Waals surface area contributed by atoms with Gasteiger partial charge in [-0.15, -0.1) is 11.8 Å². The van der Waals surface area contributed by atoms with Crippen LogP contribution in [-0.4, -0.2) is 39.5 Å². The van der Waals surface area contributed by atoms with E-state index in [-0.39, 0.29) is 12.2 Å². The minimum Gasteiger partial charge on any atom is -0.507 e. The predicted molar refractivity (Wildman–Crippen MR) is 134 cm³/mol. The molecule has 0 heterocycles. The molecule has 0 spiro atoms. The lowest BCUT2D eigenvalue weighted by Gasteiger charge is -2.16. The van der Waals surface area contributed by atoms with Crippen molar-refractivity contribution in [3.05, 3.63) is 52.0 Å². The summed E-state index contributed by atoms with van der Waals surface area (Å²) < 4.78 is 5.98. The molecule has 33 heavy (non-hydrogen) atoms. The number of benzene rings is 2. The van der Waals surface area contributed by atoms with Crippen molar-refractivity contribution in [2.45, 2.75) is 63.7 Å². The van der Waals surface area contributed by atoms with E-state index in [1.165, 1.54) is 0 Å². The molecule has 0 aliphatic carbocycles. The summed E-state index contributed by atoms with van der Waals surface area (Å²) in [6.07, 6.45) is 4.68. The number of oxime groups is 1. The molecule has 180 valence electrons. The number of thioether (sulfide) groups is 1. The number of hydrogen-bond donors (Lipinski definition) is 3. The number of halogens is 1. The summed E-state index contributed by atoms with van der Waals surface area (Å²) in [5.74, 6) is 0.669. The first kappa shape index (κ1) is 26.9. The van der Waals surface area contributed by atoms with Crippen LogP contribution in [0.1, 0.15) is 62.6 Å². The lowest BCUT2D eigenvalue weighted by atomic mass is 9.98. The Bertz CT molecular complexity index is 964. The Balaban J connectivity index is 1.96. The second-order valence-electron chi connectivity index (χ2n) is 7.72. The van der Waals surface area contributed by atoms with Gasteiger partial charge in [0.25, 0.3) is 0 Å². The van der Waals surface area contributed by atoms with Crippen molar-refractivity contribution >= 4 is 35.0 Å². The number of phenols is 1. The maximum Gasteiger partial charge on any atom is 0.307 e. The fourth-order valence-electron chi connectivity index (χ4n) is 3.43. The quantitative estimate of drug-likeness (QED) is 0.0906. The maximum absolute atomic E-state index is 10.8. The van der Waals surface area contributed by atoms with Gasteiger partial charge in [0, 0.05) is 21.8 Å². The molecule has 0 saturated heterocycles. The van der Waals surface area contributed by atoms with E-state index in [2.05, 4.69) is 12.1 Å². The third-order valence-corrected chi connectivity index (χ3v) is 6.68. The molecule has 0 amide bonds. The van der Waals surface area contributed by atoms with Gasteiger partial charge in [0.2, 0.25) is 0 Å². The summed E-state index contributed by atoms with van der Waals surface area (Å²) in [4.78, 5) is 11.7. The van der Waals surface area contributed by atoms with Crippen molar-refractivity contribution in [2.24, 2.45) is 5.16 Å². The molecule has 2 aromatic rings. The Morgan fingerprint density at radius 3 is 2.58 bits per heavy atom. The van der Waals surface area contributed by atoms with Crippen LogP contribution in [-0.2, 0) is 17.6 Å². The lowest BCUT2D eigenvalue weighted by Crippen LogP contribution is -2.06. The van der Waals surface area contributed by atoms with Crippen LogP contribution in [0, 0.1) is 0 Å². The highest BCUT2D eigenvalue weighted by atomic mass is 35.5. The highest BCUT2D eigenvalue weighted by Gasteiger charge is 2.17. The summed E-state index contributed by atoms with van der Waals surface area (Å²) >= 11 is 7.87. The van der Waals surface area contributed by atoms with Gasteiger partial charge in [0.15, 0.2) is 0 Å². The number of aromatic hydroxyl groups is 1. The number of unbranched alkanes of at least 4 members (excludes halogenated alkanes) is 1. The van der Waals surface area contributed by atoms with Crippen molar-refractivity contribution in [3.63, 3.8) is 0 Å². The van der Waals surface area contributed by atoms with E-state index in [4.69, 9.17) is 21.4 Å². The number of aliphatic carboxylic acids is 1. The van der Waals surface area contributed by atoms with E-state index in [9.17, 15) is 15.1 Å². The zero-order valence-electron chi connectivity index (χ0n) is 19.1. The van der Waals surface area contributed by atoms with Gasteiger partial charge in [0.1, 0.15) is 11.5 Å². The van der Waals surface area contributed by atoms with Crippen LogP contribution in [0.15, 0.2) is 40.4 Å². The normalized spacial score (nSPS) is 11.5. The SMILES string of the molecule is CCCCC(=NO)c1ccc(OCCCSc2ccc(CC(=O)O)cc2Cl)c(CCC)c1O. The van der Waals surface area contributed by atoms with Crippen LogP contribution in [0.3, 0.4) is 0 Å². The number of carboxylic acids is 1. The van der Waals surface area contributed by atoms with E-state index in [0.717, 1.165) is 41.9 Å². The van der Waals surface area contributed by atoms with Crippen molar-refractivity contribution in [2.75, 3.05) is 12.4 Å². The average molecular weight is 494 g/mol. The molecule has 0 saturated carbocycles. The third-order valence-electron chi connectivity index (χ3n) is 5.09. The molecule has 8 heteroatoms. The van der Waals surface area contributed by atoms with E-state index in [0.29, 0.717) is 47.1 Å². The molecule has 0 radical (unpaired) electrons. The first-order chi connectivity index (χ1) is 15.9. The largest absolute Gasteiger partial charge is 0.507 e. The molecule has 0 aliphatic rings. The topological polar surface area (TPSA) is 99.4 Å². The molecule has 0 fully saturated rings. The van der Waals surface area contributed by atoms with Gasteiger partial charge in [0.05, 0.1) is 23.8 Å². The molecule has 6 nitrogen and oxygen atoms in total. The Morgan fingerprint density at radius 1 is 1.15 bits per heavy atom. The molecule has 0 aromatic heterocycles. The number of carbonyl (C=O) groups is 1. The van der Waals surface area contributed by atoms with Crippen molar-refractivity contribution in [1.29, 1.82) is 0 Å². The van der Waals surface area contributed by atoms with Gasteiger partial charge in [-0.3, -0.25) is 4.79 Å². The molecule has 0 unspecified atom stereocenters. The number of nitrogens with zero attached hydrogens (tertiary/aromatic N) is 1. The minimum atomic E-state index is -0.883. The van der Waals surface area contributed by atoms with Gasteiger partial charge in [-0.05, 0) is 55.5 Å². The van der Waals surface area contributed by atoms with Crippen molar-refractivity contribution in [3.8, 4) is 11.5 Å². The fraction of sp³-hybridized carbons (Fsp3) is 0.440. The van der Waals surface area contributed by atoms with Gasteiger partial charge < -0.3 is 20.2 Å². The number of carboxylic acid groups (broad SMARTS) is 1. The van der Waals surface area contributed by atoms with E-state index in [1.54, 1.807) is 30.0 Å². The summed E-state index contributed by atoms with van der Waals surface area (Å²) in [5.41, 5.74) is 2.45. The van der Waals surface area contributed by atoms with E-state index in [1.807, 2.05) is 19.1 Å². The van der Waals surface area contributed by atoms with Gasteiger partial charge >= 0.3 is 5.97 Å². The zero-order chi connectivity index (χ0) is 24.2. The first-order valence-electron chi connectivity index (χ1n) is 11.2. The highest BCUT2D eigenvalue weighted by Crippen LogP contribution is 2.34. The molecular formula is C25H32ClNO5S. The molecule has 3 N–H and O–H groups in total. The van der Waals surface area contributed by atoms with E-state index >= 15 is 0 Å². The summed E-state index contributed by atoms with van der Waals surface area (Å²) in [7, 11) is 0. The summed E-state index contributed by atoms with van der Waals surface area (Å²) in [6, 6.07) is 8.91. The van der Waals surface area contributed by atoms with Crippen LogP contribution in [0.25, 0.3) is 0 Å². The molecular weight excluding hydrogens is 462 g/mol. The van der Waals surface area contributed by atoms with Crippen molar-refractivity contribution < 1.29 is 25.0 Å². The minimum absolute atomic E-state index is 0.0471. The Kier molecular flexibility index (Phi) is 11.4. The van der Waals surface area contributed by atoms with Crippen LogP contribution in [0.2, 0.25) is 5.02 Å². The lowest BCUT2D eigenvalue weighted by molar-refractivity contribution is -0.136. The number of phenolic OH excluding ortho intramolecular Hbond substituents is 1. The number of rotatable bonds is 14. The monoisotopic (exact) mass is 493 g/mol. The Labute approximate surface area is 204 Å². The Hall–Kier alpha value is -2.38. The molecule has 0 atom stereocenters. The molecule has 0 bridgehead atoms. The van der Waals surface area contributed by atoms with Gasteiger partial charge in [-0.1, -0.05) is 49.5 Å². The zero-order valence-corrected chi connectivity index (χ0v) is 20.7. The highest BCUT2D eigenvalue weighted by molar-refractivity contribution is 7.99. The van der Waals surface area contributed by atoms with Gasteiger partial charge in [-0.2, -0.15) is 0 Å². The van der Waals surface area contributed by atoms with Crippen LogP contribution >= 0.6 is 23.4 Å². The summed E-state index contributed by atoms with van der Waals surface area (Å²) in [6.45, 7) is 4.58. The van der Waals surface area contributed by atoms with Gasteiger partial charge in [-0.25, -0.2) is 0 Å².